The largest absolute Gasteiger partial charge is 0.463 e. The number of hydrogen-bond acceptors (Lipinski definition) is 9. The smallest absolute Gasteiger partial charge is 0.350 e. The molecular formula is C21H20N2O7S. The van der Waals surface area contributed by atoms with E-state index < -0.39 is 31.1 Å². The summed E-state index contributed by atoms with van der Waals surface area (Å²) in [5.41, 5.74) is 1.18. The molecule has 0 radical (unpaired) electrons. The number of aromatic nitrogens is 1. The Kier molecular flexibility index (Phi) is 7.39. The van der Waals surface area contributed by atoms with Gasteiger partial charge in [0.25, 0.3) is 11.8 Å². The molecule has 1 N–H and O–H groups in total. The van der Waals surface area contributed by atoms with Crippen molar-refractivity contribution in [2.24, 2.45) is 0 Å². The van der Waals surface area contributed by atoms with Crippen LogP contribution in [0.3, 0.4) is 0 Å². The Morgan fingerprint density at radius 1 is 1.10 bits per heavy atom. The van der Waals surface area contributed by atoms with Crippen molar-refractivity contribution >= 4 is 34.9 Å². The van der Waals surface area contributed by atoms with Crippen LogP contribution in [0, 0.1) is 6.92 Å². The number of thiophene rings is 1. The molecule has 162 valence electrons. The van der Waals surface area contributed by atoms with Gasteiger partial charge >= 0.3 is 11.9 Å². The molecule has 0 spiro atoms. The molecule has 2 heterocycles. The number of ether oxygens (including phenoxy) is 3. The van der Waals surface area contributed by atoms with Crippen molar-refractivity contribution < 1.29 is 33.1 Å². The van der Waals surface area contributed by atoms with Gasteiger partial charge in [-0.1, -0.05) is 30.3 Å². The summed E-state index contributed by atoms with van der Waals surface area (Å²) in [6.07, 6.45) is 0. The summed E-state index contributed by atoms with van der Waals surface area (Å²) >= 11 is 1.20. The predicted octanol–water partition coefficient (Wildman–Crippen LogP) is 3.45. The van der Waals surface area contributed by atoms with Crippen LogP contribution < -0.4 is 10.1 Å². The van der Waals surface area contributed by atoms with Crippen molar-refractivity contribution in [3.05, 3.63) is 53.1 Å². The number of nitrogens with one attached hydrogen (secondary N) is 1. The van der Waals surface area contributed by atoms with E-state index in [1.165, 1.54) is 17.4 Å². The maximum absolute atomic E-state index is 12.3. The van der Waals surface area contributed by atoms with Crippen LogP contribution in [0.1, 0.15) is 22.4 Å². The van der Waals surface area contributed by atoms with Crippen LogP contribution in [0.25, 0.3) is 10.4 Å². The van der Waals surface area contributed by atoms with Gasteiger partial charge in [0, 0.05) is 10.9 Å². The third-order valence-corrected chi connectivity index (χ3v) is 5.00. The zero-order valence-electron chi connectivity index (χ0n) is 16.9. The first-order chi connectivity index (χ1) is 15.0. The molecular weight excluding hydrogens is 424 g/mol. The fraction of sp³-hybridized carbons (Fsp3) is 0.238. The standard InChI is InChI=1S/C21H20N2O7S/c1-3-27-21(26)20-15(10-16(31-20)14-7-5-4-6-8-14)22-17(24)11-29-19(25)12-28-18-9-13(2)30-23-18/h4-10H,3,11-12H2,1-2H3,(H,22,24). The molecule has 0 unspecified atom stereocenters. The summed E-state index contributed by atoms with van der Waals surface area (Å²) in [7, 11) is 0. The first-order valence-electron chi connectivity index (χ1n) is 9.34. The van der Waals surface area contributed by atoms with Crippen LogP contribution in [-0.4, -0.2) is 42.8 Å². The Hall–Kier alpha value is -3.66. The molecule has 31 heavy (non-hydrogen) atoms. The molecule has 0 atom stereocenters. The number of hydrogen-bond donors (Lipinski definition) is 1. The summed E-state index contributed by atoms with van der Waals surface area (Å²) in [5.74, 6) is -1.22. The molecule has 0 aliphatic carbocycles. The van der Waals surface area contributed by atoms with Crippen LogP contribution in [-0.2, 0) is 19.1 Å². The lowest BCUT2D eigenvalue weighted by Gasteiger charge is -2.07. The lowest BCUT2D eigenvalue weighted by molar-refractivity contribution is -0.149. The Morgan fingerprint density at radius 2 is 1.87 bits per heavy atom. The van der Waals surface area contributed by atoms with Gasteiger partial charge in [-0.05, 0) is 30.6 Å². The average molecular weight is 444 g/mol. The number of esters is 2. The average Bonchev–Trinajstić information content (AvgIpc) is 3.38. The van der Waals surface area contributed by atoms with E-state index in [0.717, 1.165) is 10.4 Å². The number of carbonyl (C=O) groups excluding carboxylic acids is 3. The number of amides is 1. The highest BCUT2D eigenvalue weighted by Gasteiger charge is 2.20. The van der Waals surface area contributed by atoms with Gasteiger partial charge in [0.2, 0.25) is 0 Å². The van der Waals surface area contributed by atoms with Crippen LogP contribution in [0.2, 0.25) is 0 Å². The summed E-state index contributed by atoms with van der Waals surface area (Å²) in [4.78, 5) is 37.4. The van der Waals surface area contributed by atoms with Crippen LogP contribution in [0.5, 0.6) is 5.88 Å². The van der Waals surface area contributed by atoms with Crippen molar-refractivity contribution in [2.45, 2.75) is 13.8 Å². The number of nitrogens with zero attached hydrogens (tertiary/aromatic N) is 1. The van der Waals surface area contributed by atoms with Gasteiger partial charge in [0.1, 0.15) is 10.6 Å². The molecule has 1 aromatic carbocycles. The van der Waals surface area contributed by atoms with E-state index in [1.807, 2.05) is 30.3 Å². The molecule has 10 heteroatoms. The number of rotatable bonds is 9. The van der Waals surface area contributed by atoms with E-state index in [2.05, 4.69) is 10.5 Å². The van der Waals surface area contributed by atoms with Crippen molar-refractivity contribution in [1.29, 1.82) is 0 Å². The zero-order valence-corrected chi connectivity index (χ0v) is 17.7. The maximum atomic E-state index is 12.3. The number of anilines is 1. The molecule has 0 fully saturated rings. The Bertz CT molecular complexity index is 1060. The minimum Gasteiger partial charge on any atom is -0.463 e. The summed E-state index contributed by atoms with van der Waals surface area (Å²) in [6.45, 7) is 2.61. The first kappa shape index (κ1) is 22.0. The van der Waals surface area contributed by atoms with E-state index in [1.54, 1.807) is 19.9 Å². The highest BCUT2D eigenvalue weighted by molar-refractivity contribution is 7.18. The van der Waals surface area contributed by atoms with Gasteiger partial charge < -0.3 is 24.1 Å². The molecule has 0 aliphatic heterocycles. The van der Waals surface area contributed by atoms with E-state index in [-0.39, 0.29) is 23.1 Å². The van der Waals surface area contributed by atoms with Crippen molar-refractivity contribution in [1.82, 2.24) is 5.16 Å². The van der Waals surface area contributed by atoms with Crippen LogP contribution in [0.15, 0.2) is 47.0 Å². The van der Waals surface area contributed by atoms with E-state index in [0.29, 0.717) is 5.76 Å². The highest BCUT2D eigenvalue weighted by Crippen LogP contribution is 2.35. The predicted molar refractivity (Wildman–Crippen MR) is 112 cm³/mol. The molecule has 0 bridgehead atoms. The monoisotopic (exact) mass is 444 g/mol. The first-order valence-corrected chi connectivity index (χ1v) is 10.2. The van der Waals surface area contributed by atoms with Gasteiger partial charge in [0.15, 0.2) is 13.2 Å². The Balaban J connectivity index is 1.60. The maximum Gasteiger partial charge on any atom is 0.350 e. The van der Waals surface area contributed by atoms with E-state index in [4.69, 9.17) is 18.7 Å². The second kappa shape index (κ2) is 10.4. The zero-order chi connectivity index (χ0) is 22.2. The molecule has 3 aromatic rings. The third-order valence-electron chi connectivity index (χ3n) is 3.83. The van der Waals surface area contributed by atoms with Gasteiger partial charge in [0.05, 0.1) is 12.3 Å². The Labute approximate surface area is 181 Å². The van der Waals surface area contributed by atoms with Crippen molar-refractivity contribution in [3.63, 3.8) is 0 Å². The normalized spacial score (nSPS) is 10.4. The molecule has 2 aromatic heterocycles. The number of aryl methyl sites for hydroxylation is 1. The quantitative estimate of drug-likeness (QED) is 0.499. The Morgan fingerprint density at radius 3 is 2.55 bits per heavy atom. The van der Waals surface area contributed by atoms with E-state index >= 15 is 0 Å². The molecule has 3 rings (SSSR count). The van der Waals surface area contributed by atoms with Gasteiger partial charge in [-0.15, -0.1) is 11.3 Å². The minimum absolute atomic E-state index is 0.143. The minimum atomic E-state index is -0.753. The van der Waals surface area contributed by atoms with Gasteiger partial charge in [-0.25, -0.2) is 9.59 Å². The lowest BCUT2D eigenvalue weighted by Crippen LogP contribution is -2.24. The summed E-state index contributed by atoms with van der Waals surface area (Å²) < 4.78 is 19.9. The fourth-order valence-electron chi connectivity index (χ4n) is 2.50. The van der Waals surface area contributed by atoms with E-state index in [9.17, 15) is 14.4 Å². The van der Waals surface area contributed by atoms with Crippen molar-refractivity contribution in [2.75, 3.05) is 25.1 Å². The molecule has 0 aliphatic rings. The molecule has 0 saturated carbocycles. The van der Waals surface area contributed by atoms with Crippen LogP contribution in [0.4, 0.5) is 5.69 Å². The lowest BCUT2D eigenvalue weighted by atomic mass is 10.2. The fourth-order valence-corrected chi connectivity index (χ4v) is 3.51. The molecule has 1 amide bonds. The molecule has 9 nitrogen and oxygen atoms in total. The second-order valence-electron chi connectivity index (χ2n) is 6.21. The number of carbonyl (C=O) groups is 3. The van der Waals surface area contributed by atoms with Crippen molar-refractivity contribution in [3.8, 4) is 16.3 Å². The second-order valence-corrected chi connectivity index (χ2v) is 7.27. The number of benzene rings is 1. The topological polar surface area (TPSA) is 117 Å². The summed E-state index contributed by atoms with van der Waals surface area (Å²) in [6, 6.07) is 12.6. The molecule has 0 saturated heterocycles. The van der Waals surface area contributed by atoms with Crippen LogP contribution >= 0.6 is 11.3 Å². The van der Waals surface area contributed by atoms with Gasteiger partial charge in [-0.2, -0.15) is 0 Å². The highest BCUT2D eigenvalue weighted by atomic mass is 32.1. The third kappa shape index (κ3) is 6.16. The van der Waals surface area contributed by atoms with Gasteiger partial charge in [-0.3, -0.25) is 4.79 Å². The summed E-state index contributed by atoms with van der Waals surface area (Å²) in [5, 5.41) is 6.18. The SMILES string of the molecule is CCOC(=O)c1sc(-c2ccccc2)cc1NC(=O)COC(=O)COc1cc(C)on1.